The molecule has 76 valence electrons. The molecule has 0 aliphatic carbocycles. The molecule has 0 rings (SSSR count). The summed E-state index contributed by atoms with van der Waals surface area (Å²) in [5, 5.41) is 26.8. The minimum Gasteiger partial charge on any atom is -0.394 e. The molecule has 0 bridgehead atoms. The zero-order chi connectivity index (χ0) is 10.5. The molecule has 4 heteroatoms. The molecule has 0 aliphatic rings. The van der Waals surface area contributed by atoms with Crippen LogP contribution < -0.4 is 0 Å². The average molecular weight is 188 g/mol. The summed E-state index contributed by atoms with van der Waals surface area (Å²) in [7, 11) is 0. The zero-order valence-electron chi connectivity index (χ0n) is 7.90. The first-order valence-electron chi connectivity index (χ1n) is 4.04. The Balaban J connectivity index is 3.99. The van der Waals surface area contributed by atoms with Crippen molar-refractivity contribution >= 4 is 0 Å². The molecule has 0 aromatic rings. The molecule has 3 N–H and O–H groups in total. The number of hydrogen-bond donors (Lipinski definition) is 3. The number of aliphatic hydroxyl groups excluding tert-OH is 2. The molecule has 0 aromatic heterocycles. The molecular formula is C9H16O4. The van der Waals surface area contributed by atoms with Gasteiger partial charge in [0.2, 0.25) is 0 Å². The highest BCUT2D eigenvalue weighted by Gasteiger charge is 2.20. The topological polar surface area (TPSA) is 69.9 Å². The number of ether oxygens (including phenoxy) is 1. The molecule has 13 heavy (non-hydrogen) atoms. The van der Waals surface area contributed by atoms with Crippen molar-refractivity contribution in [3.63, 3.8) is 0 Å². The van der Waals surface area contributed by atoms with E-state index in [0.717, 1.165) is 0 Å². The van der Waals surface area contributed by atoms with E-state index < -0.39 is 18.0 Å². The highest BCUT2D eigenvalue weighted by atomic mass is 16.6. The summed E-state index contributed by atoms with van der Waals surface area (Å²) in [5.74, 6) is 0.943. The quantitative estimate of drug-likeness (QED) is 0.401. The number of hydrogen-bond acceptors (Lipinski definition) is 4. The maximum absolute atomic E-state index is 9.24. The van der Waals surface area contributed by atoms with Gasteiger partial charge in [-0.3, -0.25) is 0 Å². The van der Waals surface area contributed by atoms with Gasteiger partial charge in [-0.15, -0.1) is 6.42 Å². The first-order chi connectivity index (χ1) is 5.89. The fraction of sp³-hybridized carbons (Fsp3) is 0.778. The third kappa shape index (κ3) is 6.55. The third-order valence-corrected chi connectivity index (χ3v) is 1.31. The molecule has 4 nitrogen and oxygen atoms in total. The standard InChI is InChI=1S/C9H16O4/c1-4-8(5-7(11)6-10)13-9(2,3)12/h1,7-8,10-12H,5-6H2,2-3H3. The van der Waals surface area contributed by atoms with Gasteiger partial charge in [0.1, 0.15) is 6.10 Å². The van der Waals surface area contributed by atoms with E-state index in [1.807, 2.05) is 0 Å². The lowest BCUT2D eigenvalue weighted by Gasteiger charge is -2.23. The molecule has 0 saturated heterocycles. The Morgan fingerprint density at radius 3 is 2.38 bits per heavy atom. The normalized spacial score (nSPS) is 16.3. The third-order valence-electron chi connectivity index (χ3n) is 1.31. The highest BCUT2D eigenvalue weighted by Crippen LogP contribution is 2.11. The summed E-state index contributed by atoms with van der Waals surface area (Å²) in [4.78, 5) is 0. The first-order valence-corrected chi connectivity index (χ1v) is 4.04. The Bertz CT molecular complexity index is 177. The van der Waals surface area contributed by atoms with E-state index in [9.17, 15) is 5.11 Å². The van der Waals surface area contributed by atoms with Crippen LogP contribution in [0, 0.1) is 12.3 Å². The Morgan fingerprint density at radius 1 is 1.54 bits per heavy atom. The van der Waals surface area contributed by atoms with Crippen molar-refractivity contribution in [1.82, 2.24) is 0 Å². The van der Waals surface area contributed by atoms with E-state index in [-0.39, 0.29) is 13.0 Å². The van der Waals surface area contributed by atoms with E-state index in [4.69, 9.17) is 21.4 Å². The van der Waals surface area contributed by atoms with Crippen LogP contribution in [0.5, 0.6) is 0 Å². The Morgan fingerprint density at radius 2 is 2.08 bits per heavy atom. The SMILES string of the molecule is C#CC(CC(O)CO)OC(C)(C)O. The summed E-state index contributed by atoms with van der Waals surface area (Å²) in [5.41, 5.74) is 0. The van der Waals surface area contributed by atoms with Gasteiger partial charge >= 0.3 is 0 Å². The fourth-order valence-corrected chi connectivity index (χ4v) is 0.820. The average Bonchev–Trinajstić information content (AvgIpc) is 2.00. The number of aliphatic hydroxyl groups is 3. The van der Waals surface area contributed by atoms with Crippen molar-refractivity contribution in [3.8, 4) is 12.3 Å². The predicted octanol–water partition coefficient (Wildman–Crippen LogP) is -0.524. The zero-order valence-corrected chi connectivity index (χ0v) is 7.90. The van der Waals surface area contributed by atoms with E-state index in [1.165, 1.54) is 13.8 Å². The predicted molar refractivity (Wildman–Crippen MR) is 47.7 cm³/mol. The van der Waals surface area contributed by atoms with Crippen molar-refractivity contribution in [1.29, 1.82) is 0 Å². The number of rotatable bonds is 5. The minimum atomic E-state index is -1.33. The Labute approximate surface area is 78.2 Å². The van der Waals surface area contributed by atoms with Crippen molar-refractivity contribution < 1.29 is 20.1 Å². The van der Waals surface area contributed by atoms with Crippen LogP contribution in [0.15, 0.2) is 0 Å². The van der Waals surface area contributed by atoms with E-state index in [1.54, 1.807) is 0 Å². The van der Waals surface area contributed by atoms with Gasteiger partial charge in [0, 0.05) is 6.42 Å². The summed E-state index contributed by atoms with van der Waals surface area (Å²) >= 11 is 0. The van der Waals surface area contributed by atoms with E-state index in [2.05, 4.69) is 5.92 Å². The second-order valence-corrected chi connectivity index (χ2v) is 3.29. The van der Waals surface area contributed by atoms with Crippen LogP contribution in [0.2, 0.25) is 0 Å². The van der Waals surface area contributed by atoms with Gasteiger partial charge in [-0.2, -0.15) is 0 Å². The van der Waals surface area contributed by atoms with Gasteiger partial charge in [0.15, 0.2) is 5.79 Å². The van der Waals surface area contributed by atoms with Gasteiger partial charge in [-0.05, 0) is 13.8 Å². The largest absolute Gasteiger partial charge is 0.394 e. The van der Waals surface area contributed by atoms with Crippen LogP contribution in [0.4, 0.5) is 0 Å². The molecule has 2 atom stereocenters. The van der Waals surface area contributed by atoms with Crippen LogP contribution in [0.25, 0.3) is 0 Å². The maximum Gasteiger partial charge on any atom is 0.161 e. The smallest absolute Gasteiger partial charge is 0.161 e. The Kier molecular flexibility index (Phi) is 4.96. The Hall–Kier alpha value is -0.600. The monoisotopic (exact) mass is 188 g/mol. The molecule has 0 aromatic carbocycles. The van der Waals surface area contributed by atoms with Crippen LogP contribution in [0.1, 0.15) is 20.3 Å². The van der Waals surface area contributed by atoms with Gasteiger partial charge in [-0.25, -0.2) is 0 Å². The molecule has 0 amide bonds. The van der Waals surface area contributed by atoms with Gasteiger partial charge in [0.05, 0.1) is 12.7 Å². The summed E-state index contributed by atoms with van der Waals surface area (Å²) in [6.45, 7) is 2.53. The van der Waals surface area contributed by atoms with Crippen LogP contribution in [-0.4, -0.2) is 39.9 Å². The molecule has 2 unspecified atom stereocenters. The van der Waals surface area contributed by atoms with Crippen molar-refractivity contribution in [2.45, 2.75) is 38.3 Å². The van der Waals surface area contributed by atoms with Crippen molar-refractivity contribution in [3.05, 3.63) is 0 Å². The molecule has 0 radical (unpaired) electrons. The molecule has 0 fully saturated rings. The van der Waals surface area contributed by atoms with Crippen LogP contribution >= 0.6 is 0 Å². The van der Waals surface area contributed by atoms with E-state index >= 15 is 0 Å². The molecule has 0 saturated carbocycles. The van der Waals surface area contributed by atoms with E-state index in [0.29, 0.717) is 0 Å². The lowest BCUT2D eigenvalue weighted by molar-refractivity contribution is -0.197. The summed E-state index contributed by atoms with van der Waals surface area (Å²) in [6.07, 6.45) is 3.61. The van der Waals surface area contributed by atoms with Crippen LogP contribution in [-0.2, 0) is 4.74 Å². The molecular weight excluding hydrogens is 172 g/mol. The fourth-order valence-electron chi connectivity index (χ4n) is 0.820. The molecule has 0 aliphatic heterocycles. The molecule has 0 heterocycles. The van der Waals surface area contributed by atoms with Gasteiger partial charge < -0.3 is 20.1 Å². The second kappa shape index (κ2) is 5.20. The van der Waals surface area contributed by atoms with Gasteiger partial charge in [0.25, 0.3) is 0 Å². The van der Waals surface area contributed by atoms with Gasteiger partial charge in [-0.1, -0.05) is 5.92 Å². The maximum atomic E-state index is 9.24. The van der Waals surface area contributed by atoms with Crippen molar-refractivity contribution in [2.24, 2.45) is 0 Å². The second-order valence-electron chi connectivity index (χ2n) is 3.29. The van der Waals surface area contributed by atoms with Crippen molar-refractivity contribution in [2.75, 3.05) is 6.61 Å². The lowest BCUT2D eigenvalue weighted by atomic mass is 10.1. The minimum absolute atomic E-state index is 0.108. The number of terminal acetylenes is 1. The summed E-state index contributed by atoms with van der Waals surface area (Å²) < 4.78 is 5.01. The summed E-state index contributed by atoms with van der Waals surface area (Å²) in [6, 6.07) is 0. The first kappa shape index (κ1) is 12.4. The lowest BCUT2D eigenvalue weighted by Crippen LogP contribution is -2.32. The molecule has 0 spiro atoms. The highest BCUT2D eigenvalue weighted by molar-refractivity contribution is 4.96. The van der Waals surface area contributed by atoms with Crippen LogP contribution in [0.3, 0.4) is 0 Å².